The largest absolute Gasteiger partial charge is 0.495 e. The van der Waals surface area contributed by atoms with Crippen LogP contribution in [0.25, 0.3) is 0 Å². The number of hydrogen-bond donors (Lipinski definition) is 2. The van der Waals surface area contributed by atoms with Gasteiger partial charge in [-0.2, -0.15) is 0 Å². The summed E-state index contributed by atoms with van der Waals surface area (Å²) >= 11 is 7.72. The highest BCUT2D eigenvalue weighted by atomic mass is 35.5. The van der Waals surface area contributed by atoms with Crippen LogP contribution in [0.5, 0.6) is 5.75 Å². The van der Waals surface area contributed by atoms with Crippen LogP contribution in [0, 0.1) is 6.92 Å². The minimum absolute atomic E-state index is 0.0670. The van der Waals surface area contributed by atoms with Crippen molar-refractivity contribution in [2.24, 2.45) is 0 Å². The average Bonchev–Trinajstić information content (AvgIpc) is 3.21. The molecule has 0 fully saturated rings. The van der Waals surface area contributed by atoms with Gasteiger partial charge in [-0.15, -0.1) is 11.3 Å². The summed E-state index contributed by atoms with van der Waals surface area (Å²) in [6.45, 7) is 3.91. The van der Waals surface area contributed by atoms with Gasteiger partial charge >= 0.3 is 0 Å². The monoisotopic (exact) mass is 414 g/mol. The minimum atomic E-state index is -0.433. The molecule has 0 aliphatic carbocycles. The van der Waals surface area contributed by atoms with Crippen molar-refractivity contribution in [1.29, 1.82) is 0 Å². The van der Waals surface area contributed by atoms with Crippen LogP contribution >= 0.6 is 22.9 Å². The summed E-state index contributed by atoms with van der Waals surface area (Å²) in [5.41, 5.74) is 2.87. The van der Waals surface area contributed by atoms with Crippen molar-refractivity contribution < 1.29 is 9.53 Å². The Morgan fingerprint density at radius 2 is 1.89 bits per heavy atom. The Labute approximate surface area is 174 Å². The van der Waals surface area contributed by atoms with Crippen LogP contribution in [0.2, 0.25) is 5.02 Å². The molecule has 0 saturated carbocycles. The van der Waals surface area contributed by atoms with Gasteiger partial charge in [0.25, 0.3) is 0 Å². The van der Waals surface area contributed by atoms with Crippen molar-refractivity contribution in [3.05, 3.63) is 81.0 Å². The lowest BCUT2D eigenvalue weighted by molar-refractivity contribution is -0.117. The van der Waals surface area contributed by atoms with Gasteiger partial charge in [-0.3, -0.25) is 10.1 Å². The van der Waals surface area contributed by atoms with Crippen molar-refractivity contribution in [2.75, 3.05) is 12.4 Å². The number of ether oxygens (including phenoxy) is 1. The van der Waals surface area contributed by atoms with Gasteiger partial charge in [0.1, 0.15) is 5.75 Å². The molecule has 2 aromatic carbocycles. The topological polar surface area (TPSA) is 50.4 Å². The quantitative estimate of drug-likeness (QED) is 0.542. The van der Waals surface area contributed by atoms with Crippen molar-refractivity contribution in [1.82, 2.24) is 5.32 Å². The van der Waals surface area contributed by atoms with Crippen LogP contribution in [-0.2, 0) is 4.79 Å². The van der Waals surface area contributed by atoms with E-state index in [1.54, 1.807) is 36.6 Å². The third-order valence-corrected chi connectivity index (χ3v) is 5.64. The first kappa shape index (κ1) is 20.4. The number of halogens is 1. The maximum atomic E-state index is 12.8. The molecule has 3 aromatic rings. The first-order valence-corrected chi connectivity index (χ1v) is 10.2. The first-order valence-electron chi connectivity index (χ1n) is 8.98. The van der Waals surface area contributed by atoms with Gasteiger partial charge < -0.3 is 10.1 Å². The molecule has 28 heavy (non-hydrogen) atoms. The summed E-state index contributed by atoms with van der Waals surface area (Å²) < 4.78 is 5.31. The lowest BCUT2D eigenvalue weighted by Crippen LogP contribution is -2.40. The molecule has 0 bridgehead atoms. The number of rotatable bonds is 7. The number of amides is 1. The summed E-state index contributed by atoms with van der Waals surface area (Å²) in [6.07, 6.45) is 0. The van der Waals surface area contributed by atoms with Crippen molar-refractivity contribution in [2.45, 2.75) is 25.9 Å². The number of methoxy groups -OCH3 is 1. The Kier molecular flexibility index (Phi) is 6.73. The lowest BCUT2D eigenvalue weighted by atomic mass is 10.0. The summed E-state index contributed by atoms with van der Waals surface area (Å²) in [6, 6.07) is 17.1. The highest BCUT2D eigenvalue weighted by Crippen LogP contribution is 2.29. The second-order valence-electron chi connectivity index (χ2n) is 6.58. The number of carbonyl (C=O) groups is 1. The van der Waals surface area contributed by atoms with Gasteiger partial charge in [0, 0.05) is 9.90 Å². The molecule has 3 rings (SSSR count). The summed E-state index contributed by atoms with van der Waals surface area (Å²) in [7, 11) is 1.56. The van der Waals surface area contributed by atoms with Crippen LogP contribution < -0.4 is 15.4 Å². The number of hydrogen-bond acceptors (Lipinski definition) is 4. The zero-order valence-corrected chi connectivity index (χ0v) is 17.6. The molecule has 0 radical (unpaired) electrons. The molecule has 4 nitrogen and oxygen atoms in total. The lowest BCUT2D eigenvalue weighted by Gasteiger charge is -2.23. The van der Waals surface area contributed by atoms with Crippen molar-refractivity contribution >= 4 is 34.5 Å². The van der Waals surface area contributed by atoms with E-state index in [1.165, 1.54) is 5.56 Å². The average molecular weight is 415 g/mol. The Bertz CT molecular complexity index is 926. The van der Waals surface area contributed by atoms with E-state index in [0.29, 0.717) is 16.5 Å². The zero-order valence-electron chi connectivity index (χ0n) is 16.0. The fourth-order valence-electron chi connectivity index (χ4n) is 2.90. The minimum Gasteiger partial charge on any atom is -0.495 e. The van der Waals surface area contributed by atoms with Crippen LogP contribution in [-0.4, -0.2) is 19.1 Å². The molecule has 0 aliphatic rings. The molecule has 146 valence electrons. The van der Waals surface area contributed by atoms with Crippen LogP contribution in [0.1, 0.15) is 29.0 Å². The molecule has 2 N–H and O–H groups in total. The van der Waals surface area contributed by atoms with Crippen molar-refractivity contribution in [3.63, 3.8) is 0 Å². The summed E-state index contributed by atoms with van der Waals surface area (Å²) in [4.78, 5) is 14.0. The summed E-state index contributed by atoms with van der Waals surface area (Å²) in [5.74, 6) is 0.410. The molecule has 1 heterocycles. The number of aryl methyl sites for hydroxylation is 1. The Morgan fingerprint density at radius 1 is 1.14 bits per heavy atom. The van der Waals surface area contributed by atoms with E-state index >= 15 is 0 Å². The van der Waals surface area contributed by atoms with E-state index < -0.39 is 6.04 Å². The molecule has 2 atom stereocenters. The maximum absolute atomic E-state index is 12.8. The Balaban J connectivity index is 1.78. The fraction of sp³-hybridized carbons (Fsp3) is 0.227. The molecular weight excluding hydrogens is 392 g/mol. The third-order valence-electron chi connectivity index (χ3n) is 4.47. The predicted molar refractivity (Wildman–Crippen MR) is 117 cm³/mol. The fourth-order valence-corrected chi connectivity index (χ4v) is 3.89. The maximum Gasteiger partial charge on any atom is 0.241 e. The van der Waals surface area contributed by atoms with Gasteiger partial charge in [-0.1, -0.05) is 47.5 Å². The molecular formula is C22H23ClN2O2S. The SMILES string of the molecule is COc1ccc(Cl)cc1NC(=O)[C@@H](C)N[C@H](c1ccc(C)cc1)c1cccs1. The van der Waals surface area contributed by atoms with Gasteiger partial charge in [-0.25, -0.2) is 0 Å². The molecule has 0 spiro atoms. The van der Waals surface area contributed by atoms with Gasteiger partial charge in [0.2, 0.25) is 5.91 Å². The molecule has 0 saturated heterocycles. The van der Waals surface area contributed by atoms with Crippen LogP contribution in [0.4, 0.5) is 5.69 Å². The van der Waals surface area contributed by atoms with Crippen LogP contribution in [0.3, 0.4) is 0 Å². The molecule has 1 aromatic heterocycles. The van der Waals surface area contributed by atoms with E-state index in [2.05, 4.69) is 47.9 Å². The van der Waals surface area contributed by atoms with Gasteiger partial charge in [0.15, 0.2) is 0 Å². The van der Waals surface area contributed by atoms with E-state index in [-0.39, 0.29) is 11.9 Å². The van der Waals surface area contributed by atoms with E-state index in [4.69, 9.17) is 16.3 Å². The highest BCUT2D eigenvalue weighted by molar-refractivity contribution is 7.10. The highest BCUT2D eigenvalue weighted by Gasteiger charge is 2.22. The third kappa shape index (κ3) is 4.93. The Morgan fingerprint density at radius 3 is 2.54 bits per heavy atom. The molecule has 0 aliphatic heterocycles. The molecule has 1 amide bonds. The second kappa shape index (κ2) is 9.24. The second-order valence-corrected chi connectivity index (χ2v) is 8.00. The molecule has 0 unspecified atom stereocenters. The van der Waals surface area contributed by atoms with E-state index in [0.717, 1.165) is 10.4 Å². The predicted octanol–water partition coefficient (Wildman–Crippen LogP) is 5.42. The van der Waals surface area contributed by atoms with E-state index in [9.17, 15) is 4.79 Å². The number of anilines is 1. The van der Waals surface area contributed by atoms with Crippen molar-refractivity contribution in [3.8, 4) is 5.75 Å². The first-order chi connectivity index (χ1) is 13.5. The normalized spacial score (nSPS) is 13.0. The van der Waals surface area contributed by atoms with E-state index in [1.807, 2.05) is 18.4 Å². The smallest absolute Gasteiger partial charge is 0.241 e. The van der Waals surface area contributed by atoms with Gasteiger partial charge in [-0.05, 0) is 49.1 Å². The van der Waals surface area contributed by atoms with Crippen LogP contribution in [0.15, 0.2) is 60.0 Å². The number of benzene rings is 2. The number of carbonyl (C=O) groups excluding carboxylic acids is 1. The number of nitrogens with one attached hydrogen (secondary N) is 2. The Hall–Kier alpha value is -2.34. The molecule has 6 heteroatoms. The standard InChI is InChI=1S/C22H23ClN2O2S/c1-14-6-8-16(9-7-14)21(20-5-4-12-28-20)24-15(2)22(26)25-18-13-17(23)10-11-19(18)27-3/h4-13,15,21,24H,1-3H3,(H,25,26)/t15-,21-/m1/s1. The summed E-state index contributed by atoms with van der Waals surface area (Å²) in [5, 5.41) is 8.93. The van der Waals surface area contributed by atoms with Gasteiger partial charge in [0.05, 0.1) is 24.9 Å². The number of thiophene rings is 1. The zero-order chi connectivity index (χ0) is 20.1.